The molecule has 2 heterocycles. The zero-order valence-corrected chi connectivity index (χ0v) is 15.3. The standard InChI is InChI=1S/C8H13N3O2.C8H11N3O/c1-8(2,3)5-4(7(10)12)6(9)11-13-5;1-8(2,3)6-5(4-9)7(10)11-12-6/h1-3H3,(H2,9,11)(H2,10,12);1-3H3,(H2,10,11). The third-order valence-corrected chi connectivity index (χ3v) is 3.16. The molecular weight excluding hydrogens is 324 g/mol. The van der Waals surface area contributed by atoms with Gasteiger partial charge in [0.2, 0.25) is 0 Å². The zero-order chi connectivity index (χ0) is 19.6. The van der Waals surface area contributed by atoms with Gasteiger partial charge in [-0.2, -0.15) is 5.26 Å². The van der Waals surface area contributed by atoms with Gasteiger partial charge in [-0.05, 0) is 0 Å². The van der Waals surface area contributed by atoms with E-state index in [2.05, 4.69) is 10.3 Å². The van der Waals surface area contributed by atoms with Gasteiger partial charge < -0.3 is 26.2 Å². The van der Waals surface area contributed by atoms with E-state index in [0.29, 0.717) is 17.1 Å². The minimum absolute atomic E-state index is 0.0532. The van der Waals surface area contributed by atoms with Crippen LogP contribution in [-0.4, -0.2) is 16.2 Å². The van der Waals surface area contributed by atoms with Crippen molar-refractivity contribution in [3.63, 3.8) is 0 Å². The van der Waals surface area contributed by atoms with Gasteiger partial charge in [0, 0.05) is 10.8 Å². The molecule has 136 valence electrons. The first-order chi connectivity index (χ1) is 11.3. The predicted molar refractivity (Wildman–Crippen MR) is 92.5 cm³/mol. The Morgan fingerprint density at radius 3 is 1.72 bits per heavy atom. The maximum absolute atomic E-state index is 11.0. The van der Waals surface area contributed by atoms with Crippen LogP contribution >= 0.6 is 0 Å². The molecule has 2 aromatic rings. The summed E-state index contributed by atoms with van der Waals surface area (Å²) in [5, 5.41) is 15.8. The van der Waals surface area contributed by atoms with Crippen LogP contribution in [0.2, 0.25) is 0 Å². The quantitative estimate of drug-likeness (QED) is 0.702. The average molecular weight is 348 g/mol. The maximum atomic E-state index is 11.0. The molecule has 1 amide bonds. The minimum Gasteiger partial charge on any atom is -0.380 e. The number of nitriles is 1. The lowest BCUT2D eigenvalue weighted by atomic mass is 9.90. The lowest BCUT2D eigenvalue weighted by Crippen LogP contribution is -2.20. The lowest BCUT2D eigenvalue weighted by molar-refractivity contribution is 0.0997. The lowest BCUT2D eigenvalue weighted by Gasteiger charge is -2.14. The first kappa shape index (κ1) is 20.0. The summed E-state index contributed by atoms with van der Waals surface area (Å²) in [6.45, 7) is 11.5. The molecule has 0 radical (unpaired) electrons. The van der Waals surface area contributed by atoms with Gasteiger partial charge in [0.15, 0.2) is 23.2 Å². The first-order valence-electron chi connectivity index (χ1n) is 7.51. The van der Waals surface area contributed by atoms with Crippen LogP contribution in [-0.2, 0) is 10.8 Å². The van der Waals surface area contributed by atoms with Crippen LogP contribution in [0.5, 0.6) is 0 Å². The number of amides is 1. The summed E-state index contributed by atoms with van der Waals surface area (Å²) in [6, 6.07) is 1.97. The highest BCUT2D eigenvalue weighted by Crippen LogP contribution is 2.29. The van der Waals surface area contributed by atoms with Gasteiger partial charge in [-0.1, -0.05) is 51.9 Å². The molecule has 9 heteroatoms. The summed E-state index contributed by atoms with van der Waals surface area (Å²) in [4.78, 5) is 11.0. The molecule has 2 rings (SSSR count). The van der Waals surface area contributed by atoms with Gasteiger partial charge in [0.1, 0.15) is 17.2 Å². The minimum atomic E-state index is -0.608. The summed E-state index contributed by atoms with van der Waals surface area (Å²) < 4.78 is 9.90. The SMILES string of the molecule is CC(C)(C)c1onc(N)c1C#N.CC(C)(C)c1onc(N)c1C(N)=O. The number of nitrogens with zero attached hydrogens (tertiary/aromatic N) is 3. The molecule has 0 atom stereocenters. The normalized spacial score (nSPS) is 11.4. The summed E-state index contributed by atoms with van der Waals surface area (Å²) in [5.41, 5.74) is 16.0. The Morgan fingerprint density at radius 1 is 0.960 bits per heavy atom. The number of carbonyl (C=O) groups excluding carboxylic acids is 1. The first-order valence-corrected chi connectivity index (χ1v) is 7.51. The van der Waals surface area contributed by atoms with Gasteiger partial charge >= 0.3 is 0 Å². The van der Waals surface area contributed by atoms with Crippen molar-refractivity contribution in [2.24, 2.45) is 5.73 Å². The van der Waals surface area contributed by atoms with Crippen LogP contribution in [0.25, 0.3) is 0 Å². The molecular formula is C16H24N6O3. The van der Waals surface area contributed by atoms with E-state index in [0.717, 1.165) is 0 Å². The van der Waals surface area contributed by atoms with Crippen LogP contribution in [0, 0.1) is 11.3 Å². The van der Waals surface area contributed by atoms with Crippen molar-refractivity contribution in [1.82, 2.24) is 10.3 Å². The molecule has 0 aliphatic rings. The molecule has 0 saturated carbocycles. The van der Waals surface area contributed by atoms with E-state index in [-0.39, 0.29) is 28.0 Å². The van der Waals surface area contributed by atoms with Gasteiger partial charge in [0.25, 0.3) is 5.91 Å². The van der Waals surface area contributed by atoms with Crippen molar-refractivity contribution in [3.8, 4) is 6.07 Å². The molecule has 0 bridgehead atoms. The Morgan fingerprint density at radius 2 is 1.40 bits per heavy atom. The molecule has 25 heavy (non-hydrogen) atoms. The van der Waals surface area contributed by atoms with Crippen molar-refractivity contribution in [1.29, 1.82) is 5.26 Å². The van der Waals surface area contributed by atoms with E-state index < -0.39 is 5.91 Å². The highest BCUT2D eigenvalue weighted by Gasteiger charge is 2.28. The van der Waals surface area contributed by atoms with Gasteiger partial charge in [-0.25, -0.2) is 0 Å². The second-order valence-electron chi connectivity index (χ2n) is 7.52. The number of nitrogen functional groups attached to an aromatic ring is 2. The van der Waals surface area contributed by atoms with Gasteiger partial charge in [-0.15, -0.1) is 0 Å². The third-order valence-electron chi connectivity index (χ3n) is 3.16. The van der Waals surface area contributed by atoms with Crippen LogP contribution in [0.15, 0.2) is 9.05 Å². The molecule has 2 aromatic heterocycles. The molecule has 0 aliphatic carbocycles. The Bertz CT molecular complexity index is 799. The van der Waals surface area contributed by atoms with Crippen molar-refractivity contribution in [2.75, 3.05) is 11.5 Å². The molecule has 0 spiro atoms. The summed E-state index contributed by atoms with van der Waals surface area (Å²) >= 11 is 0. The largest absolute Gasteiger partial charge is 0.380 e. The number of hydrogen-bond donors (Lipinski definition) is 3. The molecule has 0 aliphatic heterocycles. The van der Waals surface area contributed by atoms with E-state index in [1.165, 1.54) is 0 Å². The molecule has 0 aromatic carbocycles. The van der Waals surface area contributed by atoms with Crippen molar-refractivity contribution < 1.29 is 13.8 Å². The molecule has 0 saturated heterocycles. The predicted octanol–water partition coefficient (Wildman–Crippen LogP) is 2.08. The fourth-order valence-electron chi connectivity index (χ4n) is 1.97. The average Bonchev–Trinajstić information content (AvgIpc) is 3.01. The number of carbonyl (C=O) groups is 1. The van der Waals surface area contributed by atoms with Gasteiger partial charge in [0.05, 0.1) is 0 Å². The highest BCUT2D eigenvalue weighted by atomic mass is 16.5. The fourth-order valence-corrected chi connectivity index (χ4v) is 1.97. The van der Waals surface area contributed by atoms with Crippen molar-refractivity contribution in [2.45, 2.75) is 52.4 Å². The van der Waals surface area contributed by atoms with E-state index in [1.807, 2.05) is 47.6 Å². The Hall–Kier alpha value is -3.02. The monoisotopic (exact) mass is 348 g/mol. The maximum Gasteiger partial charge on any atom is 0.256 e. The van der Waals surface area contributed by atoms with E-state index in [4.69, 9.17) is 31.5 Å². The van der Waals surface area contributed by atoms with E-state index in [1.54, 1.807) is 0 Å². The van der Waals surface area contributed by atoms with E-state index in [9.17, 15) is 4.79 Å². The molecule has 0 unspecified atom stereocenters. The van der Waals surface area contributed by atoms with Crippen LogP contribution in [0.4, 0.5) is 11.6 Å². The van der Waals surface area contributed by atoms with Crippen LogP contribution in [0.3, 0.4) is 0 Å². The van der Waals surface area contributed by atoms with Crippen molar-refractivity contribution >= 4 is 17.5 Å². The Kier molecular flexibility index (Phi) is 5.48. The molecule has 0 fully saturated rings. The summed E-state index contributed by atoms with van der Waals surface area (Å²) in [6.07, 6.45) is 0. The van der Waals surface area contributed by atoms with E-state index >= 15 is 0 Å². The Labute approximate surface area is 146 Å². The smallest absolute Gasteiger partial charge is 0.256 e. The molecule has 9 nitrogen and oxygen atoms in total. The number of primary amides is 1. The fraction of sp³-hybridized carbons (Fsp3) is 0.500. The number of hydrogen-bond acceptors (Lipinski definition) is 8. The summed E-state index contributed by atoms with van der Waals surface area (Å²) in [5.74, 6) is 0.587. The second-order valence-corrected chi connectivity index (χ2v) is 7.52. The number of nitrogens with two attached hydrogens (primary N) is 3. The van der Waals surface area contributed by atoms with Crippen LogP contribution < -0.4 is 17.2 Å². The number of aromatic nitrogens is 2. The van der Waals surface area contributed by atoms with Gasteiger partial charge in [-0.3, -0.25) is 4.79 Å². The van der Waals surface area contributed by atoms with Crippen LogP contribution in [0.1, 0.15) is 69.0 Å². The third kappa shape index (κ3) is 4.50. The number of anilines is 2. The second kappa shape index (κ2) is 6.84. The number of rotatable bonds is 1. The zero-order valence-electron chi connectivity index (χ0n) is 15.3. The van der Waals surface area contributed by atoms with Crippen molar-refractivity contribution in [3.05, 3.63) is 22.6 Å². The Balaban J connectivity index is 0.000000251. The topological polar surface area (TPSA) is 171 Å². The summed E-state index contributed by atoms with van der Waals surface area (Å²) in [7, 11) is 0. The highest BCUT2D eigenvalue weighted by molar-refractivity contribution is 5.98. The molecule has 6 N–H and O–H groups in total.